The summed E-state index contributed by atoms with van der Waals surface area (Å²) in [6, 6.07) is 23.5. The minimum absolute atomic E-state index is 0.234. The summed E-state index contributed by atoms with van der Waals surface area (Å²) in [5.74, 6) is -0.331. The maximum Gasteiger partial charge on any atom is 0.268 e. The van der Waals surface area contributed by atoms with Gasteiger partial charge in [0.25, 0.3) is 10.0 Å². The SMILES string of the molecule is O=S(=O)(c1ccccc1)n1cc([C@@H]2C=Cc3ccccc3[C@@H]2O)c2ccccc21. The molecule has 144 valence electrons. The van der Waals surface area contributed by atoms with E-state index in [2.05, 4.69) is 0 Å². The number of hydrogen-bond donors (Lipinski definition) is 1. The molecule has 4 nitrogen and oxygen atoms in total. The van der Waals surface area contributed by atoms with Gasteiger partial charge in [-0.15, -0.1) is 0 Å². The van der Waals surface area contributed by atoms with Gasteiger partial charge in [0.05, 0.1) is 16.5 Å². The normalized spacial score (nSPS) is 18.7. The Morgan fingerprint density at radius 1 is 0.793 bits per heavy atom. The zero-order chi connectivity index (χ0) is 20.0. The van der Waals surface area contributed by atoms with Gasteiger partial charge in [-0.2, -0.15) is 0 Å². The Hall–Kier alpha value is -3.15. The van der Waals surface area contributed by atoms with Gasteiger partial charge in [0.1, 0.15) is 0 Å². The van der Waals surface area contributed by atoms with Gasteiger partial charge in [0.2, 0.25) is 0 Å². The molecule has 1 heterocycles. The molecule has 0 bridgehead atoms. The summed E-state index contributed by atoms with van der Waals surface area (Å²) < 4.78 is 27.9. The predicted molar refractivity (Wildman–Crippen MR) is 114 cm³/mol. The van der Waals surface area contributed by atoms with Crippen LogP contribution in [0.3, 0.4) is 0 Å². The summed E-state index contributed by atoms with van der Waals surface area (Å²) in [6.45, 7) is 0. The van der Waals surface area contributed by atoms with Crippen LogP contribution in [0.4, 0.5) is 0 Å². The van der Waals surface area contributed by atoms with Crippen LogP contribution in [0.5, 0.6) is 0 Å². The quantitative estimate of drug-likeness (QED) is 0.540. The minimum Gasteiger partial charge on any atom is -0.387 e. The first-order chi connectivity index (χ1) is 14.1. The summed E-state index contributed by atoms with van der Waals surface area (Å²) in [7, 11) is -3.75. The van der Waals surface area contributed by atoms with Crippen LogP contribution in [0.2, 0.25) is 0 Å². The topological polar surface area (TPSA) is 59.3 Å². The molecule has 0 unspecified atom stereocenters. The van der Waals surface area contributed by atoms with Crippen molar-refractivity contribution in [2.75, 3.05) is 0 Å². The highest BCUT2D eigenvalue weighted by molar-refractivity contribution is 7.90. The molecule has 5 rings (SSSR count). The highest BCUT2D eigenvalue weighted by atomic mass is 32.2. The van der Waals surface area contributed by atoms with E-state index in [0.29, 0.717) is 5.52 Å². The van der Waals surface area contributed by atoms with Crippen LogP contribution in [0.15, 0.2) is 96.0 Å². The Morgan fingerprint density at radius 2 is 1.48 bits per heavy atom. The first-order valence-electron chi connectivity index (χ1n) is 9.43. The van der Waals surface area contributed by atoms with Crippen LogP contribution in [0, 0.1) is 0 Å². The fourth-order valence-corrected chi connectivity index (χ4v) is 5.46. The lowest BCUT2D eigenvalue weighted by Gasteiger charge is -2.25. The van der Waals surface area contributed by atoms with Crippen molar-refractivity contribution in [1.82, 2.24) is 3.97 Å². The van der Waals surface area contributed by atoms with Gasteiger partial charge in [-0.1, -0.05) is 72.8 Å². The molecule has 5 heteroatoms. The van der Waals surface area contributed by atoms with Gasteiger partial charge in [-0.05, 0) is 34.9 Å². The molecular formula is C24H19NO3S. The summed E-state index contributed by atoms with van der Waals surface area (Å²) in [6.07, 6.45) is 4.85. The Labute approximate surface area is 169 Å². The summed E-state index contributed by atoms with van der Waals surface area (Å²) in [5, 5.41) is 11.9. The maximum absolute atomic E-state index is 13.3. The smallest absolute Gasteiger partial charge is 0.268 e. The molecule has 0 radical (unpaired) electrons. The number of aromatic nitrogens is 1. The van der Waals surface area contributed by atoms with Gasteiger partial charge in [-0.25, -0.2) is 12.4 Å². The van der Waals surface area contributed by atoms with Gasteiger partial charge >= 0.3 is 0 Å². The molecule has 0 fully saturated rings. The largest absolute Gasteiger partial charge is 0.387 e. The Kier molecular flexibility index (Phi) is 4.15. The van der Waals surface area contributed by atoms with Crippen LogP contribution >= 0.6 is 0 Å². The lowest BCUT2D eigenvalue weighted by Crippen LogP contribution is -2.14. The molecule has 29 heavy (non-hydrogen) atoms. The van der Waals surface area contributed by atoms with E-state index in [4.69, 9.17) is 0 Å². The van der Waals surface area contributed by atoms with Crippen molar-refractivity contribution in [3.05, 3.63) is 108 Å². The van der Waals surface area contributed by atoms with Crippen LogP contribution in [-0.2, 0) is 10.0 Å². The molecule has 0 aliphatic heterocycles. The summed E-state index contributed by atoms with van der Waals surface area (Å²) in [5.41, 5.74) is 3.23. The van der Waals surface area contributed by atoms with Crippen molar-refractivity contribution < 1.29 is 13.5 Å². The van der Waals surface area contributed by atoms with Gasteiger partial charge in [0.15, 0.2) is 0 Å². The molecule has 0 spiro atoms. The lowest BCUT2D eigenvalue weighted by atomic mass is 9.82. The zero-order valence-corrected chi connectivity index (χ0v) is 16.3. The number of hydrogen-bond acceptors (Lipinski definition) is 3. The molecule has 1 N–H and O–H groups in total. The zero-order valence-electron chi connectivity index (χ0n) is 15.5. The molecule has 0 amide bonds. The Balaban J connectivity index is 1.70. The molecule has 1 aromatic heterocycles. The predicted octanol–water partition coefficient (Wildman–Crippen LogP) is 4.72. The highest BCUT2D eigenvalue weighted by Gasteiger charge is 2.30. The average Bonchev–Trinajstić information content (AvgIpc) is 3.15. The fraction of sp³-hybridized carbons (Fsp3) is 0.0833. The van der Waals surface area contributed by atoms with E-state index in [1.807, 2.05) is 54.6 Å². The molecule has 1 aliphatic carbocycles. The number of aliphatic hydroxyl groups is 1. The molecule has 1 aliphatic rings. The van der Waals surface area contributed by atoms with Crippen molar-refractivity contribution in [2.24, 2.45) is 0 Å². The molecule has 2 atom stereocenters. The highest BCUT2D eigenvalue weighted by Crippen LogP contribution is 2.42. The average molecular weight is 401 g/mol. The number of aliphatic hydroxyl groups excluding tert-OH is 1. The number of para-hydroxylation sites is 1. The van der Waals surface area contributed by atoms with E-state index >= 15 is 0 Å². The van der Waals surface area contributed by atoms with E-state index in [1.165, 1.54) is 3.97 Å². The monoisotopic (exact) mass is 401 g/mol. The minimum atomic E-state index is -3.75. The third kappa shape index (κ3) is 2.82. The van der Waals surface area contributed by atoms with E-state index in [9.17, 15) is 13.5 Å². The van der Waals surface area contributed by atoms with Crippen LogP contribution < -0.4 is 0 Å². The first-order valence-corrected chi connectivity index (χ1v) is 10.9. The van der Waals surface area contributed by atoms with Crippen molar-refractivity contribution in [2.45, 2.75) is 16.9 Å². The first kappa shape index (κ1) is 17.9. The second-order valence-corrected chi connectivity index (χ2v) is 8.99. The van der Waals surface area contributed by atoms with Crippen LogP contribution in [0.25, 0.3) is 17.0 Å². The summed E-state index contributed by atoms with van der Waals surface area (Å²) >= 11 is 0. The summed E-state index contributed by atoms with van der Waals surface area (Å²) in [4.78, 5) is 0.234. The second-order valence-electron chi connectivity index (χ2n) is 7.17. The molecule has 0 saturated carbocycles. The van der Waals surface area contributed by atoms with E-state index < -0.39 is 16.1 Å². The van der Waals surface area contributed by atoms with Crippen molar-refractivity contribution in [3.8, 4) is 0 Å². The number of rotatable bonds is 3. The third-order valence-corrected chi connectivity index (χ3v) is 7.19. The van der Waals surface area contributed by atoms with Gasteiger partial charge in [-0.3, -0.25) is 0 Å². The van der Waals surface area contributed by atoms with Crippen molar-refractivity contribution >= 4 is 27.0 Å². The third-order valence-electron chi connectivity index (χ3n) is 5.51. The molecule has 0 saturated heterocycles. The number of benzene rings is 3. The molecule has 4 aromatic rings. The van der Waals surface area contributed by atoms with Gasteiger partial charge < -0.3 is 5.11 Å². The standard InChI is InChI=1S/C24H19NO3S/c26-24-19-11-5-4-8-17(19)14-15-21(24)22-16-25(23-13-7-6-12-20(22)23)29(27,28)18-9-2-1-3-10-18/h1-16,21,24,26H/t21-,24-/m0/s1. The van der Waals surface area contributed by atoms with Gasteiger partial charge in [0, 0.05) is 17.5 Å². The van der Waals surface area contributed by atoms with Crippen molar-refractivity contribution in [1.29, 1.82) is 0 Å². The van der Waals surface area contributed by atoms with Crippen LogP contribution in [-0.4, -0.2) is 17.5 Å². The van der Waals surface area contributed by atoms with Crippen LogP contribution in [0.1, 0.15) is 28.7 Å². The molecule has 3 aromatic carbocycles. The van der Waals surface area contributed by atoms with E-state index in [-0.39, 0.29) is 10.8 Å². The number of fused-ring (bicyclic) bond motifs is 2. The second kappa shape index (κ2) is 6.72. The number of nitrogens with zero attached hydrogens (tertiary/aromatic N) is 1. The van der Waals surface area contributed by atoms with E-state index in [0.717, 1.165) is 22.1 Å². The Morgan fingerprint density at radius 3 is 2.31 bits per heavy atom. The maximum atomic E-state index is 13.3. The molecular weight excluding hydrogens is 382 g/mol. The van der Waals surface area contributed by atoms with E-state index in [1.54, 1.807) is 42.6 Å². The lowest BCUT2D eigenvalue weighted by molar-refractivity contribution is 0.160. The van der Waals surface area contributed by atoms with Crippen molar-refractivity contribution in [3.63, 3.8) is 0 Å². The Bertz CT molecular complexity index is 1340. The fourth-order valence-electron chi connectivity index (χ4n) is 4.06.